The van der Waals surface area contributed by atoms with Crippen molar-refractivity contribution in [2.45, 2.75) is 25.1 Å². The molecule has 0 radical (unpaired) electrons. The predicted octanol–water partition coefficient (Wildman–Crippen LogP) is 4.47. The van der Waals surface area contributed by atoms with E-state index in [0.29, 0.717) is 5.02 Å². The molecule has 1 N–H and O–H groups in total. The molecule has 1 aliphatic heterocycles. The third kappa shape index (κ3) is 6.50. The Kier molecular flexibility index (Phi) is 9.74. The van der Waals surface area contributed by atoms with Gasteiger partial charge in [-0.25, -0.2) is 0 Å². The van der Waals surface area contributed by atoms with Gasteiger partial charge in [0.05, 0.1) is 0 Å². The van der Waals surface area contributed by atoms with E-state index in [9.17, 15) is 13.2 Å². The Morgan fingerprint density at radius 3 is 2.27 bits per heavy atom. The number of alkyl halides is 3. The second kappa shape index (κ2) is 9.83. The van der Waals surface area contributed by atoms with Gasteiger partial charge in [0, 0.05) is 43.7 Å². The second-order valence-corrected chi connectivity index (χ2v) is 5.38. The molecule has 1 aromatic carbocycles. The van der Waals surface area contributed by atoms with Gasteiger partial charge in [-0.2, -0.15) is 13.2 Å². The summed E-state index contributed by atoms with van der Waals surface area (Å²) < 4.78 is 37.6. The molecule has 0 amide bonds. The number of hydrogen-bond acceptors (Lipinski definition) is 2. The summed E-state index contributed by atoms with van der Waals surface area (Å²) in [7, 11) is 0. The van der Waals surface area contributed by atoms with Gasteiger partial charge in [-0.3, -0.25) is 4.90 Å². The SMILES string of the molecule is Cl.Cl.FC(F)(F)CC[C@@H](c1ccccc1Cl)N1CCNCC1. The van der Waals surface area contributed by atoms with E-state index in [4.69, 9.17) is 11.6 Å². The lowest BCUT2D eigenvalue weighted by molar-refractivity contribution is -0.138. The summed E-state index contributed by atoms with van der Waals surface area (Å²) in [6.45, 7) is 3.08. The van der Waals surface area contributed by atoms with Crippen molar-refractivity contribution in [1.29, 1.82) is 0 Å². The number of halogens is 6. The first-order valence-corrected chi connectivity index (χ1v) is 7.11. The Labute approximate surface area is 146 Å². The van der Waals surface area contributed by atoms with Crippen molar-refractivity contribution in [3.05, 3.63) is 34.9 Å². The van der Waals surface area contributed by atoms with Crippen LogP contribution < -0.4 is 5.32 Å². The highest BCUT2D eigenvalue weighted by atomic mass is 35.5. The fourth-order valence-corrected chi connectivity index (χ4v) is 2.84. The fraction of sp³-hybridized carbons (Fsp3) is 0.571. The van der Waals surface area contributed by atoms with Crippen LogP contribution >= 0.6 is 36.4 Å². The Hall–Kier alpha value is -0.200. The summed E-state index contributed by atoms with van der Waals surface area (Å²) in [6, 6.07) is 6.91. The fourth-order valence-electron chi connectivity index (χ4n) is 2.57. The zero-order chi connectivity index (χ0) is 14.6. The number of nitrogens with one attached hydrogen (secondary N) is 1. The molecule has 2 rings (SSSR count). The summed E-state index contributed by atoms with van der Waals surface area (Å²) in [6.07, 6.45) is -4.87. The highest BCUT2D eigenvalue weighted by Crippen LogP contribution is 2.34. The molecule has 0 aliphatic carbocycles. The first kappa shape index (κ1) is 21.8. The number of nitrogens with zero attached hydrogens (tertiary/aromatic N) is 1. The Bertz CT molecular complexity index is 438. The molecule has 0 unspecified atom stereocenters. The smallest absolute Gasteiger partial charge is 0.314 e. The van der Waals surface area contributed by atoms with E-state index in [1.165, 1.54) is 0 Å². The maximum absolute atomic E-state index is 12.5. The average molecular weight is 380 g/mol. The minimum atomic E-state index is -4.13. The van der Waals surface area contributed by atoms with Gasteiger partial charge in [0.2, 0.25) is 0 Å². The third-order valence-electron chi connectivity index (χ3n) is 3.56. The molecule has 0 bridgehead atoms. The van der Waals surface area contributed by atoms with Crippen molar-refractivity contribution in [1.82, 2.24) is 10.2 Å². The van der Waals surface area contributed by atoms with Gasteiger partial charge in [0.15, 0.2) is 0 Å². The molecule has 0 saturated carbocycles. The van der Waals surface area contributed by atoms with Gasteiger partial charge >= 0.3 is 6.18 Å². The molecule has 128 valence electrons. The van der Waals surface area contributed by atoms with Crippen LogP contribution in [0.4, 0.5) is 13.2 Å². The first-order chi connectivity index (χ1) is 9.47. The van der Waals surface area contributed by atoms with Crippen LogP contribution in [0.5, 0.6) is 0 Å². The van der Waals surface area contributed by atoms with Crippen molar-refractivity contribution in [3.8, 4) is 0 Å². The van der Waals surface area contributed by atoms with Gasteiger partial charge in [0.1, 0.15) is 0 Å². The van der Waals surface area contributed by atoms with Crippen molar-refractivity contribution in [3.63, 3.8) is 0 Å². The maximum atomic E-state index is 12.5. The van der Waals surface area contributed by atoms with Crippen LogP contribution in [0.2, 0.25) is 5.02 Å². The van der Waals surface area contributed by atoms with Crippen LogP contribution in [0.25, 0.3) is 0 Å². The number of piperazine rings is 1. The molecule has 2 nitrogen and oxygen atoms in total. The molecule has 0 aromatic heterocycles. The number of hydrogen-bond donors (Lipinski definition) is 1. The van der Waals surface area contributed by atoms with E-state index in [1.54, 1.807) is 12.1 Å². The van der Waals surface area contributed by atoms with Crippen molar-refractivity contribution in [2.75, 3.05) is 26.2 Å². The molecule has 1 heterocycles. The first-order valence-electron chi connectivity index (χ1n) is 6.73. The molecule has 22 heavy (non-hydrogen) atoms. The van der Waals surface area contributed by atoms with Crippen molar-refractivity contribution >= 4 is 36.4 Å². The normalized spacial score (nSPS) is 17.3. The molecular weight excluding hydrogens is 360 g/mol. The Morgan fingerprint density at radius 2 is 1.73 bits per heavy atom. The van der Waals surface area contributed by atoms with E-state index in [0.717, 1.165) is 31.7 Å². The van der Waals surface area contributed by atoms with E-state index in [-0.39, 0.29) is 37.3 Å². The van der Waals surface area contributed by atoms with Crippen LogP contribution in [0.15, 0.2) is 24.3 Å². The molecule has 1 atom stereocenters. The monoisotopic (exact) mass is 378 g/mol. The maximum Gasteiger partial charge on any atom is 0.389 e. The van der Waals surface area contributed by atoms with Gasteiger partial charge < -0.3 is 5.32 Å². The quantitative estimate of drug-likeness (QED) is 0.830. The molecule has 8 heteroatoms. The van der Waals surface area contributed by atoms with Crippen LogP contribution in [0.3, 0.4) is 0 Å². The lowest BCUT2D eigenvalue weighted by Crippen LogP contribution is -2.45. The van der Waals surface area contributed by atoms with Gasteiger partial charge in [-0.05, 0) is 18.1 Å². The van der Waals surface area contributed by atoms with E-state index in [2.05, 4.69) is 10.2 Å². The molecular formula is C14H20Cl3F3N2. The minimum Gasteiger partial charge on any atom is -0.314 e. The zero-order valence-corrected chi connectivity index (χ0v) is 14.3. The molecule has 1 aliphatic rings. The summed E-state index contributed by atoms with van der Waals surface area (Å²) in [5, 5.41) is 3.75. The summed E-state index contributed by atoms with van der Waals surface area (Å²) in [5.74, 6) is 0. The summed E-state index contributed by atoms with van der Waals surface area (Å²) in [4.78, 5) is 2.09. The van der Waals surface area contributed by atoms with Gasteiger partial charge in [-0.1, -0.05) is 29.8 Å². The average Bonchev–Trinajstić information content (AvgIpc) is 2.41. The van der Waals surface area contributed by atoms with E-state index < -0.39 is 12.6 Å². The van der Waals surface area contributed by atoms with E-state index >= 15 is 0 Å². The molecule has 0 spiro atoms. The van der Waals surface area contributed by atoms with E-state index in [1.807, 2.05) is 12.1 Å². The van der Waals surface area contributed by atoms with Crippen LogP contribution in [-0.2, 0) is 0 Å². The summed E-state index contributed by atoms with van der Waals surface area (Å²) >= 11 is 6.16. The Balaban J connectivity index is 0.00000220. The molecule has 1 aromatic rings. The third-order valence-corrected chi connectivity index (χ3v) is 3.90. The lowest BCUT2D eigenvalue weighted by Gasteiger charge is -2.35. The Morgan fingerprint density at radius 1 is 1.14 bits per heavy atom. The summed E-state index contributed by atoms with van der Waals surface area (Å²) in [5.41, 5.74) is 0.792. The predicted molar refractivity (Wildman–Crippen MR) is 88.4 cm³/mol. The van der Waals surface area contributed by atoms with Crippen molar-refractivity contribution < 1.29 is 13.2 Å². The lowest BCUT2D eigenvalue weighted by atomic mass is 9.99. The molecule has 1 saturated heterocycles. The van der Waals surface area contributed by atoms with Crippen LogP contribution in [0, 0.1) is 0 Å². The standard InChI is InChI=1S/C14H18ClF3N2.2ClH/c15-12-4-2-1-3-11(12)13(5-6-14(16,17)18)20-9-7-19-8-10-20;;/h1-4,13,19H,5-10H2;2*1H/t13-;;/m0../s1. The van der Waals surface area contributed by atoms with Crippen LogP contribution in [0.1, 0.15) is 24.4 Å². The van der Waals surface area contributed by atoms with Crippen LogP contribution in [-0.4, -0.2) is 37.3 Å². The number of benzene rings is 1. The largest absolute Gasteiger partial charge is 0.389 e. The zero-order valence-electron chi connectivity index (χ0n) is 11.9. The van der Waals surface area contributed by atoms with Gasteiger partial charge in [-0.15, -0.1) is 24.8 Å². The number of rotatable bonds is 4. The van der Waals surface area contributed by atoms with Crippen molar-refractivity contribution in [2.24, 2.45) is 0 Å². The second-order valence-electron chi connectivity index (χ2n) is 4.98. The van der Waals surface area contributed by atoms with Gasteiger partial charge in [0.25, 0.3) is 0 Å². The topological polar surface area (TPSA) is 15.3 Å². The minimum absolute atomic E-state index is 0. The highest BCUT2D eigenvalue weighted by Gasteiger charge is 2.31. The highest BCUT2D eigenvalue weighted by molar-refractivity contribution is 6.31. The molecule has 1 fully saturated rings.